The minimum Gasteiger partial charge on any atom is -0.165 e. The summed E-state index contributed by atoms with van der Waals surface area (Å²) in [6, 6.07) is 0. The van der Waals surface area contributed by atoms with Crippen LogP contribution < -0.4 is 0 Å². The van der Waals surface area contributed by atoms with E-state index >= 15 is 0 Å². The van der Waals surface area contributed by atoms with Crippen LogP contribution in [0.2, 0.25) is 0 Å². The molecule has 0 aliphatic rings. The van der Waals surface area contributed by atoms with E-state index in [9.17, 15) is 0 Å². The first-order chi connectivity index (χ1) is 6.58. The summed E-state index contributed by atoms with van der Waals surface area (Å²) in [4.78, 5) is 0. The molecule has 0 rings (SSSR count). The standard InChI is InChI=1S/C13H28S/c1-6-8-9-12(10-11-14-5)13(3,4)7-2/h12H,6-11H2,1-5H3/t12-/m0/s1. The van der Waals surface area contributed by atoms with Gasteiger partial charge in [-0.25, -0.2) is 0 Å². The van der Waals surface area contributed by atoms with Crippen molar-refractivity contribution in [2.24, 2.45) is 11.3 Å². The van der Waals surface area contributed by atoms with Crippen molar-refractivity contribution >= 4 is 11.8 Å². The minimum absolute atomic E-state index is 0.547. The second kappa shape index (κ2) is 7.62. The van der Waals surface area contributed by atoms with Crippen molar-refractivity contribution in [3.05, 3.63) is 0 Å². The highest BCUT2D eigenvalue weighted by atomic mass is 32.2. The summed E-state index contributed by atoms with van der Waals surface area (Å²) in [5.74, 6) is 2.26. The van der Waals surface area contributed by atoms with Crippen molar-refractivity contribution in [1.82, 2.24) is 0 Å². The third-order valence-electron chi connectivity index (χ3n) is 3.59. The smallest absolute Gasteiger partial charge is 0.00675 e. The zero-order chi connectivity index (χ0) is 11.0. The summed E-state index contributed by atoms with van der Waals surface area (Å²) in [6.45, 7) is 9.50. The summed E-state index contributed by atoms with van der Waals surface area (Å²) in [5, 5.41) is 0. The topological polar surface area (TPSA) is 0 Å². The predicted molar refractivity (Wildman–Crippen MR) is 70.1 cm³/mol. The molecule has 14 heavy (non-hydrogen) atoms. The van der Waals surface area contributed by atoms with Crippen molar-refractivity contribution in [1.29, 1.82) is 0 Å². The molecule has 0 aromatic carbocycles. The Labute approximate surface area is 95.2 Å². The first-order valence-corrected chi connectivity index (χ1v) is 7.46. The van der Waals surface area contributed by atoms with Gasteiger partial charge in [-0.3, -0.25) is 0 Å². The van der Waals surface area contributed by atoms with Crippen LogP contribution in [0.4, 0.5) is 0 Å². The van der Waals surface area contributed by atoms with Gasteiger partial charge >= 0.3 is 0 Å². The lowest BCUT2D eigenvalue weighted by atomic mass is 9.73. The fourth-order valence-electron chi connectivity index (χ4n) is 1.93. The number of unbranched alkanes of at least 4 members (excludes halogenated alkanes) is 1. The van der Waals surface area contributed by atoms with Crippen molar-refractivity contribution in [2.75, 3.05) is 12.0 Å². The third kappa shape index (κ3) is 5.29. The van der Waals surface area contributed by atoms with Crippen LogP contribution in [0.3, 0.4) is 0 Å². The maximum absolute atomic E-state index is 2.44. The van der Waals surface area contributed by atoms with Gasteiger partial charge < -0.3 is 0 Å². The van der Waals surface area contributed by atoms with Gasteiger partial charge in [-0.2, -0.15) is 11.8 Å². The van der Waals surface area contributed by atoms with E-state index in [4.69, 9.17) is 0 Å². The maximum Gasteiger partial charge on any atom is -0.00675 e. The lowest BCUT2D eigenvalue weighted by Crippen LogP contribution is -2.24. The molecular weight excluding hydrogens is 188 g/mol. The van der Waals surface area contributed by atoms with Gasteiger partial charge in [0, 0.05) is 0 Å². The highest BCUT2D eigenvalue weighted by Gasteiger charge is 2.26. The first-order valence-electron chi connectivity index (χ1n) is 6.07. The molecule has 0 saturated heterocycles. The van der Waals surface area contributed by atoms with Gasteiger partial charge in [0.25, 0.3) is 0 Å². The average molecular weight is 216 g/mol. The molecule has 0 unspecified atom stereocenters. The zero-order valence-electron chi connectivity index (χ0n) is 10.7. The Morgan fingerprint density at radius 3 is 2.21 bits per heavy atom. The van der Waals surface area contributed by atoms with Crippen LogP contribution in [0.15, 0.2) is 0 Å². The Morgan fingerprint density at radius 2 is 1.79 bits per heavy atom. The normalized spacial score (nSPS) is 14.4. The molecule has 0 aliphatic heterocycles. The summed E-state index contributed by atoms with van der Waals surface area (Å²) in [7, 11) is 0. The van der Waals surface area contributed by atoms with Gasteiger partial charge in [0.2, 0.25) is 0 Å². The maximum atomic E-state index is 2.44. The van der Waals surface area contributed by atoms with E-state index in [0.29, 0.717) is 5.41 Å². The van der Waals surface area contributed by atoms with Crippen LogP contribution in [-0.2, 0) is 0 Å². The fourth-order valence-corrected chi connectivity index (χ4v) is 2.45. The largest absolute Gasteiger partial charge is 0.165 e. The molecule has 0 fully saturated rings. The molecule has 0 N–H and O–H groups in total. The Morgan fingerprint density at radius 1 is 1.14 bits per heavy atom. The molecule has 0 radical (unpaired) electrons. The molecule has 1 heteroatoms. The number of hydrogen-bond acceptors (Lipinski definition) is 1. The Balaban J connectivity index is 4.08. The van der Waals surface area contributed by atoms with Gasteiger partial charge in [0.05, 0.1) is 0 Å². The van der Waals surface area contributed by atoms with Crippen molar-refractivity contribution in [2.45, 2.75) is 59.8 Å². The molecule has 86 valence electrons. The van der Waals surface area contributed by atoms with Crippen molar-refractivity contribution < 1.29 is 0 Å². The van der Waals surface area contributed by atoms with Crippen LogP contribution in [0.25, 0.3) is 0 Å². The fraction of sp³-hybridized carbons (Fsp3) is 1.00. The van der Waals surface area contributed by atoms with E-state index < -0.39 is 0 Å². The molecule has 0 spiro atoms. The molecule has 0 aromatic heterocycles. The molecule has 0 saturated carbocycles. The van der Waals surface area contributed by atoms with E-state index in [1.807, 2.05) is 11.8 Å². The first kappa shape index (κ1) is 14.3. The van der Waals surface area contributed by atoms with E-state index in [-0.39, 0.29) is 0 Å². The average Bonchev–Trinajstić information content (AvgIpc) is 2.17. The Hall–Kier alpha value is 0.350. The van der Waals surface area contributed by atoms with Gasteiger partial charge in [0.15, 0.2) is 0 Å². The molecule has 0 aliphatic carbocycles. The van der Waals surface area contributed by atoms with Gasteiger partial charge in [-0.15, -0.1) is 0 Å². The molecule has 0 aromatic rings. The van der Waals surface area contributed by atoms with Gasteiger partial charge in [-0.1, -0.05) is 47.0 Å². The molecular formula is C13H28S. The molecule has 0 bridgehead atoms. The Kier molecular flexibility index (Phi) is 7.81. The highest BCUT2D eigenvalue weighted by molar-refractivity contribution is 7.98. The monoisotopic (exact) mass is 216 g/mol. The van der Waals surface area contributed by atoms with Crippen LogP contribution in [0.5, 0.6) is 0 Å². The summed E-state index contributed by atoms with van der Waals surface area (Å²) < 4.78 is 0. The summed E-state index contributed by atoms with van der Waals surface area (Å²) in [6.07, 6.45) is 9.11. The number of rotatable bonds is 8. The van der Waals surface area contributed by atoms with Crippen LogP contribution in [0, 0.1) is 11.3 Å². The van der Waals surface area contributed by atoms with E-state index in [0.717, 1.165) is 5.92 Å². The molecule has 0 heterocycles. The van der Waals surface area contributed by atoms with Crippen molar-refractivity contribution in [3.63, 3.8) is 0 Å². The second-order valence-electron chi connectivity index (χ2n) is 4.96. The SMILES string of the molecule is CCCC[C@@H](CCSC)C(C)(C)CC. The summed E-state index contributed by atoms with van der Waals surface area (Å²) in [5.41, 5.74) is 0.547. The molecule has 1 atom stereocenters. The van der Waals surface area contributed by atoms with E-state index in [1.165, 1.54) is 37.9 Å². The quantitative estimate of drug-likeness (QED) is 0.551. The second-order valence-corrected chi connectivity index (χ2v) is 5.95. The van der Waals surface area contributed by atoms with Crippen molar-refractivity contribution in [3.8, 4) is 0 Å². The number of thioether (sulfide) groups is 1. The lowest BCUT2D eigenvalue weighted by molar-refractivity contribution is 0.183. The highest BCUT2D eigenvalue weighted by Crippen LogP contribution is 2.36. The van der Waals surface area contributed by atoms with Gasteiger partial charge in [0.1, 0.15) is 0 Å². The van der Waals surface area contributed by atoms with Crippen LogP contribution in [-0.4, -0.2) is 12.0 Å². The summed E-state index contributed by atoms with van der Waals surface area (Å²) >= 11 is 1.99. The lowest BCUT2D eigenvalue weighted by Gasteiger charge is -2.33. The van der Waals surface area contributed by atoms with E-state index in [2.05, 4.69) is 34.0 Å². The zero-order valence-corrected chi connectivity index (χ0v) is 11.5. The number of hydrogen-bond donors (Lipinski definition) is 0. The molecule has 0 nitrogen and oxygen atoms in total. The van der Waals surface area contributed by atoms with Crippen LogP contribution in [0.1, 0.15) is 59.8 Å². The minimum atomic E-state index is 0.547. The molecule has 0 amide bonds. The van der Waals surface area contributed by atoms with E-state index in [1.54, 1.807) is 0 Å². The van der Waals surface area contributed by atoms with Crippen LogP contribution >= 0.6 is 11.8 Å². The van der Waals surface area contributed by atoms with Gasteiger partial charge in [-0.05, 0) is 36.2 Å². The Bertz CT molecular complexity index is 121. The third-order valence-corrected chi connectivity index (χ3v) is 4.24. The predicted octanol–water partition coefficient (Wildman–Crippen LogP) is 4.98.